The first-order valence-electron chi connectivity index (χ1n) is 9.47. The van der Waals surface area contributed by atoms with Crippen LogP contribution in [0.15, 0.2) is 59.8 Å². The van der Waals surface area contributed by atoms with Crippen molar-refractivity contribution in [1.82, 2.24) is 4.98 Å². The van der Waals surface area contributed by atoms with Crippen LogP contribution in [0.1, 0.15) is 19.4 Å². The van der Waals surface area contributed by atoms with Gasteiger partial charge in [-0.15, -0.1) is 11.6 Å². The molecule has 0 amide bonds. The Balaban J connectivity index is 2.00. The maximum atomic E-state index is 14.8. The summed E-state index contributed by atoms with van der Waals surface area (Å²) in [7, 11) is -4.20. The number of carboxylic acid groups (broad SMARTS) is 1. The number of nitrogens with zero attached hydrogens (tertiary/aromatic N) is 1. The SMILES string of the molecule is CC(C)(Oc1ccc(-c2cc(Cl)cc(F)c2NS(=O)(=O)c2cncc(CCl)c2)cc1)C(=O)O. The predicted octanol–water partition coefficient (Wildman–Crippen LogP) is 5.32. The Morgan fingerprint density at radius 2 is 1.85 bits per heavy atom. The molecule has 0 radical (unpaired) electrons. The maximum Gasteiger partial charge on any atom is 0.347 e. The number of anilines is 1. The van der Waals surface area contributed by atoms with Gasteiger partial charge in [0.2, 0.25) is 0 Å². The van der Waals surface area contributed by atoms with Gasteiger partial charge in [0.25, 0.3) is 10.0 Å². The molecule has 0 saturated carbocycles. The average molecular weight is 513 g/mol. The number of pyridine rings is 1. The molecule has 2 N–H and O–H groups in total. The molecule has 0 bridgehead atoms. The Bertz CT molecular complexity index is 1300. The molecule has 0 aliphatic rings. The van der Waals surface area contributed by atoms with Gasteiger partial charge in [0.15, 0.2) is 5.60 Å². The minimum atomic E-state index is -4.20. The smallest absolute Gasteiger partial charge is 0.347 e. The van der Waals surface area contributed by atoms with E-state index in [1.165, 1.54) is 56.4 Å². The van der Waals surface area contributed by atoms with Crippen molar-refractivity contribution in [3.05, 3.63) is 71.3 Å². The molecule has 0 aliphatic heterocycles. The molecule has 3 aromatic rings. The van der Waals surface area contributed by atoms with Crippen molar-refractivity contribution in [3.8, 4) is 16.9 Å². The van der Waals surface area contributed by atoms with E-state index >= 15 is 0 Å². The first-order valence-corrected chi connectivity index (χ1v) is 11.9. The van der Waals surface area contributed by atoms with Gasteiger partial charge in [-0.2, -0.15) is 0 Å². The number of ether oxygens (including phenoxy) is 1. The number of nitrogens with one attached hydrogen (secondary N) is 1. The number of alkyl halides is 1. The highest BCUT2D eigenvalue weighted by molar-refractivity contribution is 7.92. The van der Waals surface area contributed by atoms with E-state index in [2.05, 4.69) is 9.71 Å². The van der Waals surface area contributed by atoms with Gasteiger partial charge >= 0.3 is 5.97 Å². The second-order valence-electron chi connectivity index (χ2n) is 7.52. The lowest BCUT2D eigenvalue weighted by atomic mass is 10.0. The van der Waals surface area contributed by atoms with Crippen molar-refractivity contribution < 1.29 is 27.4 Å². The van der Waals surface area contributed by atoms with Crippen LogP contribution in [0.2, 0.25) is 5.02 Å². The normalized spacial score (nSPS) is 11.8. The van der Waals surface area contributed by atoms with E-state index < -0.39 is 27.4 Å². The van der Waals surface area contributed by atoms with Crippen LogP contribution in [0.4, 0.5) is 10.1 Å². The third-order valence-electron chi connectivity index (χ3n) is 4.58. The number of sulfonamides is 1. The third kappa shape index (κ3) is 5.73. The summed E-state index contributed by atoms with van der Waals surface area (Å²) < 4.78 is 48.4. The van der Waals surface area contributed by atoms with E-state index in [-0.39, 0.29) is 32.8 Å². The Morgan fingerprint density at radius 1 is 1.18 bits per heavy atom. The molecule has 0 spiro atoms. The predicted molar refractivity (Wildman–Crippen MR) is 124 cm³/mol. The van der Waals surface area contributed by atoms with Gasteiger partial charge in [-0.1, -0.05) is 23.7 Å². The van der Waals surface area contributed by atoms with Crippen molar-refractivity contribution >= 4 is 44.9 Å². The van der Waals surface area contributed by atoms with E-state index in [0.717, 1.165) is 12.3 Å². The molecule has 11 heteroatoms. The van der Waals surface area contributed by atoms with Crippen molar-refractivity contribution in [2.75, 3.05) is 4.72 Å². The van der Waals surface area contributed by atoms with E-state index in [0.29, 0.717) is 11.1 Å². The van der Waals surface area contributed by atoms with E-state index in [4.69, 9.17) is 27.9 Å². The molecule has 174 valence electrons. The van der Waals surface area contributed by atoms with Gasteiger partial charge in [-0.3, -0.25) is 9.71 Å². The Hall–Kier alpha value is -2.88. The number of hydrogen-bond acceptors (Lipinski definition) is 5. The summed E-state index contributed by atoms with van der Waals surface area (Å²) in [5, 5.41) is 9.27. The highest BCUT2D eigenvalue weighted by Crippen LogP contribution is 2.36. The number of aromatic nitrogens is 1. The van der Waals surface area contributed by atoms with Crippen LogP contribution >= 0.6 is 23.2 Å². The number of carboxylic acids is 1. The monoisotopic (exact) mass is 512 g/mol. The molecule has 7 nitrogen and oxygen atoms in total. The summed E-state index contributed by atoms with van der Waals surface area (Å²) in [5.41, 5.74) is -0.696. The number of rotatable bonds is 8. The van der Waals surface area contributed by atoms with Crippen LogP contribution in [0.5, 0.6) is 5.75 Å². The number of carbonyl (C=O) groups is 1. The summed E-state index contributed by atoms with van der Waals surface area (Å²) in [6, 6.07) is 9.79. The van der Waals surface area contributed by atoms with Gasteiger partial charge in [0, 0.05) is 28.9 Å². The van der Waals surface area contributed by atoms with Crippen LogP contribution in [0.3, 0.4) is 0 Å². The quantitative estimate of drug-likeness (QED) is 0.395. The number of aliphatic carboxylic acids is 1. The fraction of sp³-hybridized carbons (Fsp3) is 0.182. The highest BCUT2D eigenvalue weighted by atomic mass is 35.5. The molecular weight excluding hydrogens is 494 g/mol. The van der Waals surface area contributed by atoms with Gasteiger partial charge in [-0.05, 0) is 55.3 Å². The summed E-state index contributed by atoms with van der Waals surface area (Å²) in [4.78, 5) is 14.9. The molecule has 1 heterocycles. The molecule has 0 aliphatic carbocycles. The molecule has 0 saturated heterocycles. The standard InChI is InChI=1S/C22H19Cl2FN2O5S/c1-22(2,21(28)29)32-16-5-3-14(4-6-16)18-8-15(24)9-19(25)20(18)27-33(30,31)17-7-13(10-23)11-26-12-17/h3-9,11-12,27H,10H2,1-2H3,(H,28,29). The topological polar surface area (TPSA) is 106 Å². The summed E-state index contributed by atoms with van der Waals surface area (Å²) in [5.74, 6) is -1.70. The van der Waals surface area contributed by atoms with Crippen molar-refractivity contribution in [3.63, 3.8) is 0 Å². The van der Waals surface area contributed by atoms with Crippen LogP contribution in [0.25, 0.3) is 11.1 Å². The molecule has 33 heavy (non-hydrogen) atoms. The van der Waals surface area contributed by atoms with Crippen LogP contribution in [-0.4, -0.2) is 30.1 Å². The van der Waals surface area contributed by atoms with Crippen LogP contribution < -0.4 is 9.46 Å². The zero-order chi connectivity index (χ0) is 24.4. The molecule has 1 aromatic heterocycles. The van der Waals surface area contributed by atoms with Crippen LogP contribution in [0, 0.1) is 5.82 Å². The molecule has 0 atom stereocenters. The third-order valence-corrected chi connectivity index (χ3v) is 6.42. The van der Waals surface area contributed by atoms with E-state index in [1.807, 2.05) is 0 Å². The Kier molecular flexibility index (Phi) is 7.16. The number of halogens is 3. The Labute approximate surface area is 200 Å². The summed E-state index contributed by atoms with van der Waals surface area (Å²) >= 11 is 11.8. The molecule has 0 fully saturated rings. The fourth-order valence-electron chi connectivity index (χ4n) is 2.82. The largest absolute Gasteiger partial charge is 0.478 e. The lowest BCUT2D eigenvalue weighted by molar-refractivity contribution is -0.152. The summed E-state index contributed by atoms with van der Waals surface area (Å²) in [6.45, 7) is 2.80. The van der Waals surface area contributed by atoms with Crippen LogP contribution in [-0.2, 0) is 20.7 Å². The highest BCUT2D eigenvalue weighted by Gasteiger charge is 2.29. The first kappa shape index (κ1) is 24.8. The molecular formula is C22H19Cl2FN2O5S. The number of hydrogen-bond donors (Lipinski definition) is 2. The van der Waals surface area contributed by atoms with Crippen molar-refractivity contribution in [2.45, 2.75) is 30.2 Å². The first-order chi connectivity index (χ1) is 15.4. The lowest BCUT2D eigenvalue weighted by Gasteiger charge is -2.21. The lowest BCUT2D eigenvalue weighted by Crippen LogP contribution is -2.37. The van der Waals surface area contributed by atoms with Gasteiger partial charge < -0.3 is 9.84 Å². The van der Waals surface area contributed by atoms with Gasteiger partial charge in [0.1, 0.15) is 16.5 Å². The molecule has 0 unspecified atom stereocenters. The van der Waals surface area contributed by atoms with Crippen molar-refractivity contribution in [1.29, 1.82) is 0 Å². The van der Waals surface area contributed by atoms with E-state index in [9.17, 15) is 22.7 Å². The Morgan fingerprint density at radius 3 is 2.45 bits per heavy atom. The molecule has 3 rings (SSSR count). The zero-order valence-corrected chi connectivity index (χ0v) is 19.8. The van der Waals surface area contributed by atoms with Crippen molar-refractivity contribution in [2.24, 2.45) is 0 Å². The maximum absolute atomic E-state index is 14.8. The minimum absolute atomic E-state index is 0.0589. The average Bonchev–Trinajstić information content (AvgIpc) is 2.75. The number of benzene rings is 2. The molecule has 2 aromatic carbocycles. The summed E-state index contributed by atoms with van der Waals surface area (Å²) in [6.07, 6.45) is 2.55. The van der Waals surface area contributed by atoms with Gasteiger partial charge in [0.05, 0.1) is 5.69 Å². The van der Waals surface area contributed by atoms with E-state index in [1.54, 1.807) is 0 Å². The zero-order valence-electron chi connectivity index (χ0n) is 17.5. The second-order valence-corrected chi connectivity index (χ2v) is 9.91. The fourth-order valence-corrected chi connectivity index (χ4v) is 4.27. The minimum Gasteiger partial charge on any atom is -0.478 e. The van der Waals surface area contributed by atoms with Gasteiger partial charge in [-0.25, -0.2) is 17.6 Å². The second kappa shape index (κ2) is 9.54.